The van der Waals surface area contributed by atoms with Crippen molar-refractivity contribution >= 4 is 23.2 Å². The summed E-state index contributed by atoms with van der Waals surface area (Å²) in [6.45, 7) is 4.69. The first-order valence-electron chi connectivity index (χ1n) is 10.1. The fourth-order valence-electron chi connectivity index (χ4n) is 2.93. The van der Waals surface area contributed by atoms with Crippen LogP contribution in [-0.4, -0.2) is 18.4 Å². The zero-order valence-electron chi connectivity index (χ0n) is 17.3. The second-order valence-electron chi connectivity index (χ2n) is 7.09. The van der Waals surface area contributed by atoms with E-state index in [0.29, 0.717) is 29.2 Å². The zero-order valence-corrected chi connectivity index (χ0v) is 17.3. The molecule has 0 aliphatic heterocycles. The molecule has 0 atom stereocenters. The van der Waals surface area contributed by atoms with Gasteiger partial charge in [0.1, 0.15) is 5.75 Å². The minimum atomic E-state index is -0.257. The highest BCUT2D eigenvalue weighted by atomic mass is 16.5. The minimum Gasteiger partial charge on any atom is -0.494 e. The first kappa shape index (κ1) is 21.1. The van der Waals surface area contributed by atoms with Gasteiger partial charge in [-0.3, -0.25) is 9.59 Å². The summed E-state index contributed by atoms with van der Waals surface area (Å²) in [5.41, 5.74) is 3.31. The van der Waals surface area contributed by atoms with Gasteiger partial charge in [0.05, 0.1) is 6.61 Å². The van der Waals surface area contributed by atoms with Crippen molar-refractivity contribution in [2.75, 3.05) is 17.2 Å². The smallest absolute Gasteiger partial charge is 0.255 e. The molecule has 3 aromatic carbocycles. The van der Waals surface area contributed by atoms with Gasteiger partial charge in [-0.05, 0) is 67.4 Å². The molecule has 0 saturated carbocycles. The predicted molar refractivity (Wildman–Crippen MR) is 120 cm³/mol. The van der Waals surface area contributed by atoms with Crippen LogP contribution in [0, 0.1) is 6.92 Å². The molecule has 0 radical (unpaired) electrons. The largest absolute Gasteiger partial charge is 0.494 e. The molecule has 5 heteroatoms. The van der Waals surface area contributed by atoms with Crippen LogP contribution in [0.15, 0.2) is 72.8 Å². The van der Waals surface area contributed by atoms with Gasteiger partial charge in [-0.2, -0.15) is 0 Å². The molecule has 0 fully saturated rings. The van der Waals surface area contributed by atoms with Gasteiger partial charge >= 0.3 is 0 Å². The van der Waals surface area contributed by atoms with Gasteiger partial charge in [0.15, 0.2) is 0 Å². The van der Waals surface area contributed by atoms with Gasteiger partial charge in [0, 0.05) is 22.5 Å². The molecule has 30 heavy (non-hydrogen) atoms. The molecular weight excluding hydrogens is 376 g/mol. The lowest BCUT2D eigenvalue weighted by atomic mass is 10.1. The Morgan fingerprint density at radius 2 is 1.40 bits per heavy atom. The number of amides is 2. The van der Waals surface area contributed by atoms with E-state index in [1.165, 1.54) is 0 Å². The molecule has 2 N–H and O–H groups in total. The van der Waals surface area contributed by atoms with Gasteiger partial charge in [-0.25, -0.2) is 0 Å². The number of nitrogens with one attached hydrogen (secondary N) is 2. The first-order chi connectivity index (χ1) is 14.5. The van der Waals surface area contributed by atoms with Crippen LogP contribution < -0.4 is 15.4 Å². The summed E-state index contributed by atoms with van der Waals surface area (Å²) in [5.74, 6) is 0.178. The van der Waals surface area contributed by atoms with E-state index in [2.05, 4.69) is 17.6 Å². The monoisotopic (exact) mass is 402 g/mol. The van der Waals surface area contributed by atoms with E-state index in [1.54, 1.807) is 42.5 Å². The molecule has 154 valence electrons. The van der Waals surface area contributed by atoms with E-state index in [0.717, 1.165) is 24.1 Å². The molecule has 5 nitrogen and oxygen atoms in total. The number of rotatable bonds is 8. The highest BCUT2D eigenvalue weighted by Gasteiger charge is 2.11. The lowest BCUT2D eigenvalue weighted by Crippen LogP contribution is -2.14. The Labute approximate surface area is 177 Å². The van der Waals surface area contributed by atoms with E-state index < -0.39 is 0 Å². The Kier molecular flexibility index (Phi) is 7.22. The Bertz CT molecular complexity index is 1030. The Morgan fingerprint density at radius 1 is 0.800 bits per heavy atom. The summed E-state index contributed by atoms with van der Waals surface area (Å²) in [7, 11) is 0. The third kappa shape index (κ3) is 5.95. The molecule has 0 saturated heterocycles. The normalized spacial score (nSPS) is 10.3. The molecule has 0 heterocycles. The topological polar surface area (TPSA) is 67.4 Å². The molecule has 2 amide bonds. The molecule has 0 unspecified atom stereocenters. The van der Waals surface area contributed by atoms with Gasteiger partial charge in [-0.15, -0.1) is 0 Å². The molecule has 0 aromatic heterocycles. The van der Waals surface area contributed by atoms with Crippen LogP contribution in [0.5, 0.6) is 5.75 Å². The van der Waals surface area contributed by atoms with Crippen LogP contribution in [0.1, 0.15) is 46.0 Å². The highest BCUT2D eigenvalue weighted by molar-refractivity contribution is 6.07. The molecule has 0 aliphatic carbocycles. The van der Waals surface area contributed by atoms with E-state index in [-0.39, 0.29) is 11.8 Å². The van der Waals surface area contributed by atoms with Crippen LogP contribution in [0.4, 0.5) is 11.4 Å². The number of hydrogen-bond acceptors (Lipinski definition) is 3. The van der Waals surface area contributed by atoms with Gasteiger partial charge < -0.3 is 15.4 Å². The van der Waals surface area contributed by atoms with Crippen molar-refractivity contribution in [3.8, 4) is 5.75 Å². The molecule has 3 rings (SSSR count). The molecule has 0 bridgehead atoms. The van der Waals surface area contributed by atoms with Crippen LogP contribution in [0.3, 0.4) is 0 Å². The summed E-state index contributed by atoms with van der Waals surface area (Å²) in [6.07, 6.45) is 2.02. The number of aryl methyl sites for hydroxylation is 1. The summed E-state index contributed by atoms with van der Waals surface area (Å²) in [4.78, 5) is 25.2. The van der Waals surface area contributed by atoms with E-state index in [9.17, 15) is 9.59 Å². The van der Waals surface area contributed by atoms with Crippen molar-refractivity contribution in [3.63, 3.8) is 0 Å². The second kappa shape index (κ2) is 10.3. The highest BCUT2D eigenvalue weighted by Crippen LogP contribution is 2.18. The van der Waals surface area contributed by atoms with Crippen molar-refractivity contribution in [1.29, 1.82) is 0 Å². The van der Waals surface area contributed by atoms with Crippen LogP contribution >= 0.6 is 0 Å². The summed E-state index contributed by atoms with van der Waals surface area (Å²) in [5, 5.41) is 5.72. The van der Waals surface area contributed by atoms with Crippen LogP contribution in [0.25, 0.3) is 0 Å². The summed E-state index contributed by atoms with van der Waals surface area (Å²) in [6, 6.07) is 21.5. The number of benzene rings is 3. The molecular formula is C25H26N2O3. The van der Waals surface area contributed by atoms with Crippen molar-refractivity contribution in [2.45, 2.75) is 26.7 Å². The summed E-state index contributed by atoms with van der Waals surface area (Å²) >= 11 is 0. The van der Waals surface area contributed by atoms with Crippen molar-refractivity contribution in [2.24, 2.45) is 0 Å². The first-order valence-corrected chi connectivity index (χ1v) is 10.1. The number of carbonyl (C=O) groups excluding carboxylic acids is 2. The SMILES string of the molecule is CCCCOc1cccc(C(=O)Nc2cccc(C(=O)Nc3cccc(C)c3)c2)c1. The molecule has 3 aromatic rings. The Morgan fingerprint density at radius 3 is 2.07 bits per heavy atom. The molecule has 0 aliphatic rings. The van der Waals surface area contributed by atoms with Crippen LogP contribution in [0.2, 0.25) is 0 Å². The minimum absolute atomic E-state index is 0.233. The third-order valence-corrected chi connectivity index (χ3v) is 4.52. The van der Waals surface area contributed by atoms with Crippen molar-refractivity contribution in [3.05, 3.63) is 89.5 Å². The zero-order chi connectivity index (χ0) is 21.3. The maximum absolute atomic E-state index is 12.6. The van der Waals surface area contributed by atoms with Gasteiger partial charge in [0.2, 0.25) is 0 Å². The molecule has 0 spiro atoms. The number of unbranched alkanes of at least 4 members (excludes halogenated alkanes) is 1. The lowest BCUT2D eigenvalue weighted by Gasteiger charge is -2.10. The van der Waals surface area contributed by atoms with Gasteiger partial charge in [0.25, 0.3) is 11.8 Å². The fraction of sp³-hybridized carbons (Fsp3) is 0.200. The quantitative estimate of drug-likeness (QED) is 0.477. The standard InChI is InChI=1S/C25H26N2O3/c1-3-4-14-30-23-13-7-10-20(17-23)25(29)27-22-12-6-9-19(16-22)24(28)26-21-11-5-8-18(2)15-21/h5-13,15-17H,3-4,14H2,1-2H3,(H,26,28)(H,27,29). The van der Waals surface area contributed by atoms with E-state index >= 15 is 0 Å². The predicted octanol–water partition coefficient (Wildman–Crippen LogP) is 5.68. The third-order valence-electron chi connectivity index (χ3n) is 4.52. The van der Waals surface area contributed by atoms with E-state index in [1.807, 2.05) is 37.3 Å². The average molecular weight is 402 g/mol. The van der Waals surface area contributed by atoms with Crippen molar-refractivity contribution < 1.29 is 14.3 Å². The number of ether oxygens (including phenoxy) is 1. The maximum Gasteiger partial charge on any atom is 0.255 e. The summed E-state index contributed by atoms with van der Waals surface area (Å²) < 4.78 is 5.67. The average Bonchev–Trinajstić information content (AvgIpc) is 2.74. The Balaban J connectivity index is 1.66. The van der Waals surface area contributed by atoms with Crippen molar-refractivity contribution in [1.82, 2.24) is 0 Å². The number of hydrogen-bond donors (Lipinski definition) is 2. The Hall–Kier alpha value is -3.60. The number of carbonyl (C=O) groups is 2. The fourth-order valence-corrected chi connectivity index (χ4v) is 2.93. The van der Waals surface area contributed by atoms with E-state index in [4.69, 9.17) is 4.74 Å². The maximum atomic E-state index is 12.6. The van der Waals surface area contributed by atoms with Crippen LogP contribution in [-0.2, 0) is 0 Å². The second-order valence-corrected chi connectivity index (χ2v) is 7.09. The lowest BCUT2D eigenvalue weighted by molar-refractivity contribution is 0.101. The number of anilines is 2. The van der Waals surface area contributed by atoms with Gasteiger partial charge in [-0.1, -0.05) is 37.6 Å².